The van der Waals surface area contributed by atoms with E-state index in [4.69, 9.17) is 15.7 Å². The van der Waals surface area contributed by atoms with E-state index in [1.54, 1.807) is 7.11 Å². The summed E-state index contributed by atoms with van der Waals surface area (Å²) in [5.41, 5.74) is 5.44. The first-order valence-electron chi connectivity index (χ1n) is 5.43. The maximum Gasteiger partial charge on any atom is 0.140 e. The number of ether oxygens (including phenoxy) is 1. The molecule has 0 aliphatic heterocycles. The molecular weight excluding hydrogens is 194 g/mol. The van der Waals surface area contributed by atoms with Crippen LogP contribution in [0.3, 0.4) is 0 Å². The average Bonchev–Trinajstić information content (AvgIpc) is 2.26. The Morgan fingerprint density at radius 2 is 2.27 bits per heavy atom. The Kier molecular flexibility index (Phi) is 9.21. The summed E-state index contributed by atoms with van der Waals surface area (Å²) < 4.78 is 4.96. The quantitative estimate of drug-likeness (QED) is 0.176. The van der Waals surface area contributed by atoms with Crippen LogP contribution in [0.4, 0.5) is 0 Å². The van der Waals surface area contributed by atoms with Crippen molar-refractivity contribution in [1.82, 2.24) is 5.32 Å². The second-order valence-electron chi connectivity index (χ2n) is 3.55. The maximum atomic E-state index is 8.44. The lowest BCUT2D eigenvalue weighted by Gasteiger charge is -2.15. The monoisotopic (exact) mass is 217 g/mol. The minimum atomic E-state index is 0.284. The van der Waals surface area contributed by atoms with Crippen LogP contribution in [0.2, 0.25) is 0 Å². The molecule has 0 amide bonds. The largest absolute Gasteiger partial charge is 0.409 e. The van der Waals surface area contributed by atoms with Crippen LogP contribution in [-0.2, 0) is 4.74 Å². The van der Waals surface area contributed by atoms with E-state index in [9.17, 15) is 0 Å². The Balaban J connectivity index is 3.53. The molecule has 0 rings (SSSR count). The van der Waals surface area contributed by atoms with E-state index in [-0.39, 0.29) is 5.84 Å². The summed E-state index contributed by atoms with van der Waals surface area (Å²) in [5.74, 6) is 0.284. The molecule has 0 aromatic heterocycles. The Labute approximate surface area is 91.7 Å². The van der Waals surface area contributed by atoms with E-state index < -0.39 is 0 Å². The molecule has 1 unspecified atom stereocenters. The van der Waals surface area contributed by atoms with Crippen molar-refractivity contribution in [3.05, 3.63) is 0 Å². The van der Waals surface area contributed by atoms with Gasteiger partial charge in [0.25, 0.3) is 0 Å². The predicted octanol–water partition coefficient (Wildman–Crippen LogP) is 0.918. The Morgan fingerprint density at radius 1 is 1.53 bits per heavy atom. The van der Waals surface area contributed by atoms with E-state index in [0.717, 1.165) is 32.4 Å². The van der Waals surface area contributed by atoms with Gasteiger partial charge in [-0.05, 0) is 25.8 Å². The van der Waals surface area contributed by atoms with E-state index in [1.807, 2.05) is 0 Å². The van der Waals surface area contributed by atoms with Gasteiger partial charge in [0.2, 0.25) is 0 Å². The molecule has 0 saturated heterocycles. The second-order valence-corrected chi connectivity index (χ2v) is 3.55. The van der Waals surface area contributed by atoms with Gasteiger partial charge in [-0.1, -0.05) is 12.1 Å². The van der Waals surface area contributed by atoms with E-state index >= 15 is 0 Å². The highest BCUT2D eigenvalue weighted by Gasteiger charge is 2.07. The summed E-state index contributed by atoms with van der Waals surface area (Å²) in [6, 6.07) is 0.295. The van der Waals surface area contributed by atoms with Crippen molar-refractivity contribution in [3.63, 3.8) is 0 Å². The van der Waals surface area contributed by atoms with Gasteiger partial charge < -0.3 is 21.0 Å². The minimum absolute atomic E-state index is 0.284. The highest BCUT2D eigenvalue weighted by molar-refractivity contribution is 5.80. The van der Waals surface area contributed by atoms with Crippen LogP contribution in [0.25, 0.3) is 0 Å². The summed E-state index contributed by atoms with van der Waals surface area (Å²) in [7, 11) is 1.71. The molecule has 4 N–H and O–H groups in total. The number of methoxy groups -OCH3 is 1. The summed E-state index contributed by atoms with van der Waals surface area (Å²) in [6.07, 6.45) is 3.71. The third kappa shape index (κ3) is 8.20. The van der Waals surface area contributed by atoms with Gasteiger partial charge >= 0.3 is 0 Å². The van der Waals surface area contributed by atoms with Crippen LogP contribution in [0.5, 0.6) is 0 Å². The number of hydrogen-bond acceptors (Lipinski definition) is 4. The molecular formula is C10H23N3O2. The first-order chi connectivity index (χ1) is 7.24. The van der Waals surface area contributed by atoms with Gasteiger partial charge in [0.15, 0.2) is 0 Å². The van der Waals surface area contributed by atoms with Crippen LogP contribution in [0.15, 0.2) is 5.16 Å². The lowest BCUT2D eigenvalue weighted by molar-refractivity contribution is 0.192. The molecule has 0 spiro atoms. The number of rotatable bonds is 9. The lowest BCUT2D eigenvalue weighted by Crippen LogP contribution is -2.33. The highest BCUT2D eigenvalue weighted by Crippen LogP contribution is 1.98. The number of hydrogen-bond donors (Lipinski definition) is 3. The highest BCUT2D eigenvalue weighted by atomic mass is 16.5. The van der Waals surface area contributed by atoms with Crippen LogP contribution >= 0.6 is 0 Å². The standard InChI is InChI=1S/C10H23N3O2/c1-3-9(8-10(11)13-14)12-6-4-5-7-15-2/h9,12,14H,3-8H2,1-2H3,(H2,11,13). The number of nitrogens with zero attached hydrogens (tertiary/aromatic N) is 1. The molecule has 90 valence electrons. The molecule has 5 nitrogen and oxygen atoms in total. The van der Waals surface area contributed by atoms with Crippen molar-refractivity contribution >= 4 is 5.84 Å². The number of nitrogens with two attached hydrogens (primary N) is 1. The molecule has 5 heteroatoms. The topological polar surface area (TPSA) is 79.9 Å². The fourth-order valence-corrected chi connectivity index (χ4v) is 1.33. The fraction of sp³-hybridized carbons (Fsp3) is 0.900. The van der Waals surface area contributed by atoms with Crippen molar-refractivity contribution < 1.29 is 9.94 Å². The molecule has 0 aliphatic rings. The molecule has 0 aromatic rings. The number of unbranched alkanes of at least 4 members (excludes halogenated alkanes) is 1. The molecule has 0 radical (unpaired) electrons. The third-order valence-corrected chi connectivity index (χ3v) is 2.29. The Bertz CT molecular complexity index is 174. The fourth-order valence-electron chi connectivity index (χ4n) is 1.33. The summed E-state index contributed by atoms with van der Waals surface area (Å²) in [4.78, 5) is 0. The first-order valence-corrected chi connectivity index (χ1v) is 5.43. The summed E-state index contributed by atoms with van der Waals surface area (Å²) in [6.45, 7) is 3.83. The number of oxime groups is 1. The van der Waals surface area contributed by atoms with Crippen LogP contribution in [-0.4, -0.2) is 37.3 Å². The molecule has 0 aliphatic carbocycles. The molecule has 0 bridgehead atoms. The maximum absolute atomic E-state index is 8.44. The SMILES string of the molecule is CCC(CC(N)=NO)NCCCCOC. The van der Waals surface area contributed by atoms with E-state index in [1.165, 1.54) is 0 Å². The van der Waals surface area contributed by atoms with Crippen molar-refractivity contribution in [2.75, 3.05) is 20.3 Å². The van der Waals surface area contributed by atoms with Crippen molar-refractivity contribution in [2.24, 2.45) is 10.9 Å². The number of nitrogens with one attached hydrogen (secondary N) is 1. The number of amidine groups is 1. The van der Waals surface area contributed by atoms with Gasteiger partial charge in [0, 0.05) is 26.2 Å². The van der Waals surface area contributed by atoms with E-state index in [2.05, 4.69) is 17.4 Å². The van der Waals surface area contributed by atoms with Gasteiger partial charge in [-0.15, -0.1) is 0 Å². The lowest BCUT2D eigenvalue weighted by atomic mass is 10.1. The van der Waals surface area contributed by atoms with Crippen LogP contribution in [0, 0.1) is 0 Å². The summed E-state index contributed by atoms with van der Waals surface area (Å²) >= 11 is 0. The molecule has 0 fully saturated rings. The summed E-state index contributed by atoms with van der Waals surface area (Å²) in [5, 5.41) is 14.8. The van der Waals surface area contributed by atoms with E-state index in [0.29, 0.717) is 12.5 Å². The molecule has 15 heavy (non-hydrogen) atoms. The first kappa shape index (κ1) is 14.2. The van der Waals surface area contributed by atoms with Gasteiger partial charge in [-0.2, -0.15) is 0 Å². The van der Waals surface area contributed by atoms with Crippen LogP contribution in [0.1, 0.15) is 32.6 Å². The minimum Gasteiger partial charge on any atom is -0.409 e. The van der Waals surface area contributed by atoms with Gasteiger partial charge in [0.05, 0.1) is 0 Å². The zero-order valence-electron chi connectivity index (χ0n) is 9.70. The second kappa shape index (κ2) is 9.73. The molecule has 1 atom stereocenters. The predicted molar refractivity (Wildman–Crippen MR) is 61.2 cm³/mol. The smallest absolute Gasteiger partial charge is 0.140 e. The van der Waals surface area contributed by atoms with Crippen molar-refractivity contribution in [1.29, 1.82) is 0 Å². The van der Waals surface area contributed by atoms with Crippen molar-refractivity contribution in [2.45, 2.75) is 38.6 Å². The van der Waals surface area contributed by atoms with Gasteiger partial charge in [-0.3, -0.25) is 0 Å². The normalized spacial score (nSPS) is 14.1. The molecule has 0 heterocycles. The average molecular weight is 217 g/mol. The zero-order valence-corrected chi connectivity index (χ0v) is 9.70. The molecule has 0 aromatic carbocycles. The third-order valence-electron chi connectivity index (χ3n) is 2.29. The van der Waals surface area contributed by atoms with Crippen molar-refractivity contribution in [3.8, 4) is 0 Å². The zero-order chi connectivity index (χ0) is 11.5. The molecule has 0 saturated carbocycles. The van der Waals surface area contributed by atoms with Gasteiger partial charge in [-0.25, -0.2) is 0 Å². The Morgan fingerprint density at radius 3 is 2.80 bits per heavy atom. The Hall–Kier alpha value is -0.810. The van der Waals surface area contributed by atoms with Gasteiger partial charge in [0.1, 0.15) is 5.84 Å². The van der Waals surface area contributed by atoms with Crippen LogP contribution < -0.4 is 11.1 Å².